The number of carboxylic acids is 1. The maximum Gasteiger partial charge on any atom is 0.335 e. The second kappa shape index (κ2) is 6.70. The van der Waals surface area contributed by atoms with Crippen LogP contribution in [0.3, 0.4) is 0 Å². The first kappa shape index (κ1) is 15.5. The van der Waals surface area contributed by atoms with Crippen LogP contribution in [0.15, 0.2) is 18.2 Å². The van der Waals surface area contributed by atoms with E-state index in [9.17, 15) is 14.0 Å². The lowest BCUT2D eigenvalue weighted by atomic mass is 10.1. The summed E-state index contributed by atoms with van der Waals surface area (Å²) in [4.78, 5) is 24.8. The van der Waals surface area contributed by atoms with Gasteiger partial charge in [-0.2, -0.15) is 0 Å². The molecule has 1 aromatic carbocycles. The molecule has 1 N–H and O–H groups in total. The third kappa shape index (κ3) is 3.60. The Balaban J connectivity index is 2.16. The first-order valence-electron chi connectivity index (χ1n) is 7.30. The second-order valence-electron chi connectivity index (χ2n) is 5.56. The maximum atomic E-state index is 14.0. The number of nitrogens with zero attached hydrogens (tertiary/aromatic N) is 1. The molecule has 0 spiro atoms. The Morgan fingerprint density at radius 3 is 2.33 bits per heavy atom. The molecular weight excluding hydrogens is 273 g/mol. The van der Waals surface area contributed by atoms with Gasteiger partial charge in [-0.3, -0.25) is 4.79 Å². The Morgan fingerprint density at radius 1 is 1.19 bits per heavy atom. The van der Waals surface area contributed by atoms with Gasteiger partial charge in [0.25, 0.3) is 5.91 Å². The predicted molar refractivity (Wildman–Crippen MR) is 76.9 cm³/mol. The fraction of sp³-hybridized carbons (Fsp3) is 0.500. The maximum absolute atomic E-state index is 14.0. The molecule has 1 saturated carbocycles. The van der Waals surface area contributed by atoms with Crippen molar-refractivity contribution in [3.05, 3.63) is 35.1 Å². The molecule has 1 fully saturated rings. The van der Waals surface area contributed by atoms with Crippen LogP contribution in [0.1, 0.15) is 59.2 Å². The van der Waals surface area contributed by atoms with Crippen molar-refractivity contribution in [2.75, 3.05) is 7.05 Å². The number of carbonyl (C=O) groups is 2. The molecule has 114 valence electrons. The zero-order chi connectivity index (χ0) is 15.4. The number of amides is 1. The molecule has 0 aliphatic heterocycles. The highest BCUT2D eigenvalue weighted by Gasteiger charge is 2.24. The van der Waals surface area contributed by atoms with Crippen LogP contribution >= 0.6 is 0 Å². The molecule has 2 rings (SSSR count). The quantitative estimate of drug-likeness (QED) is 0.870. The van der Waals surface area contributed by atoms with Crippen LogP contribution in [-0.2, 0) is 0 Å². The van der Waals surface area contributed by atoms with Gasteiger partial charge in [0, 0.05) is 13.1 Å². The summed E-state index contributed by atoms with van der Waals surface area (Å²) in [5, 5.41) is 8.82. The van der Waals surface area contributed by atoms with E-state index < -0.39 is 11.8 Å². The van der Waals surface area contributed by atoms with Gasteiger partial charge in [-0.1, -0.05) is 25.7 Å². The van der Waals surface area contributed by atoms with Gasteiger partial charge >= 0.3 is 5.97 Å². The average molecular weight is 293 g/mol. The highest BCUT2D eigenvalue weighted by atomic mass is 19.1. The highest BCUT2D eigenvalue weighted by molar-refractivity contribution is 5.96. The molecule has 0 heterocycles. The molecule has 0 bridgehead atoms. The summed E-state index contributed by atoms with van der Waals surface area (Å²) in [6.45, 7) is 0. The molecule has 0 saturated heterocycles. The van der Waals surface area contributed by atoms with Gasteiger partial charge < -0.3 is 10.0 Å². The van der Waals surface area contributed by atoms with Crippen molar-refractivity contribution in [2.45, 2.75) is 44.6 Å². The normalized spacial score (nSPS) is 16.3. The van der Waals surface area contributed by atoms with Crippen molar-refractivity contribution in [1.29, 1.82) is 0 Å². The highest BCUT2D eigenvalue weighted by Crippen LogP contribution is 2.23. The summed E-state index contributed by atoms with van der Waals surface area (Å²) >= 11 is 0. The van der Waals surface area contributed by atoms with Crippen molar-refractivity contribution in [3.63, 3.8) is 0 Å². The van der Waals surface area contributed by atoms with Crippen molar-refractivity contribution in [2.24, 2.45) is 0 Å². The number of hydrogen-bond donors (Lipinski definition) is 1. The van der Waals surface area contributed by atoms with E-state index in [-0.39, 0.29) is 23.1 Å². The topological polar surface area (TPSA) is 57.6 Å². The largest absolute Gasteiger partial charge is 0.478 e. The van der Waals surface area contributed by atoms with Gasteiger partial charge in [0.1, 0.15) is 5.82 Å². The van der Waals surface area contributed by atoms with E-state index in [0.717, 1.165) is 31.7 Å². The van der Waals surface area contributed by atoms with E-state index in [4.69, 9.17) is 5.11 Å². The number of halogens is 1. The molecule has 4 nitrogen and oxygen atoms in total. The minimum absolute atomic E-state index is 0.0632. The number of carbonyl (C=O) groups excluding carboxylic acids is 1. The summed E-state index contributed by atoms with van der Waals surface area (Å²) in [5.74, 6) is -2.36. The summed E-state index contributed by atoms with van der Waals surface area (Å²) in [7, 11) is 1.70. The second-order valence-corrected chi connectivity index (χ2v) is 5.56. The Kier molecular flexibility index (Phi) is 4.94. The Hall–Kier alpha value is -1.91. The van der Waals surface area contributed by atoms with Crippen molar-refractivity contribution in [3.8, 4) is 0 Å². The van der Waals surface area contributed by atoms with Crippen LogP contribution < -0.4 is 0 Å². The lowest BCUT2D eigenvalue weighted by molar-refractivity contribution is 0.0687. The van der Waals surface area contributed by atoms with Crippen LogP contribution in [0.25, 0.3) is 0 Å². The van der Waals surface area contributed by atoms with Crippen LogP contribution in [0.4, 0.5) is 4.39 Å². The molecule has 0 atom stereocenters. The van der Waals surface area contributed by atoms with Crippen molar-refractivity contribution < 1.29 is 19.1 Å². The third-order valence-electron chi connectivity index (χ3n) is 4.14. The molecular formula is C16H20FNO3. The van der Waals surface area contributed by atoms with Crippen molar-refractivity contribution >= 4 is 11.9 Å². The molecule has 0 aromatic heterocycles. The first-order chi connectivity index (χ1) is 10.0. The summed E-state index contributed by atoms with van der Waals surface area (Å²) in [6.07, 6.45) is 6.42. The van der Waals surface area contributed by atoms with Crippen molar-refractivity contribution in [1.82, 2.24) is 4.90 Å². The molecule has 0 radical (unpaired) electrons. The molecule has 0 unspecified atom stereocenters. The summed E-state index contributed by atoms with van der Waals surface area (Å²) in [5.41, 5.74) is -0.215. The van der Waals surface area contributed by atoms with Gasteiger partial charge in [0.2, 0.25) is 0 Å². The van der Waals surface area contributed by atoms with E-state index in [2.05, 4.69) is 0 Å². The average Bonchev–Trinajstić information content (AvgIpc) is 2.74. The van der Waals surface area contributed by atoms with Gasteiger partial charge in [0.05, 0.1) is 11.1 Å². The van der Waals surface area contributed by atoms with Gasteiger partial charge in [0.15, 0.2) is 0 Å². The van der Waals surface area contributed by atoms with E-state index in [1.165, 1.54) is 25.0 Å². The number of benzene rings is 1. The number of rotatable bonds is 3. The number of carboxylic acid groups (broad SMARTS) is 1. The molecule has 1 aromatic rings. The number of hydrogen-bond acceptors (Lipinski definition) is 2. The standard InChI is InChI=1S/C16H20FNO3/c1-18(12-6-4-2-3-5-7-12)15(19)13-9-8-11(16(20)21)10-14(13)17/h8-10,12H,2-7H2,1H3,(H,20,21). The predicted octanol–water partition coefficient (Wildman–Crippen LogP) is 3.32. The zero-order valence-corrected chi connectivity index (χ0v) is 12.1. The minimum Gasteiger partial charge on any atom is -0.478 e. The zero-order valence-electron chi connectivity index (χ0n) is 12.1. The van der Waals surface area contributed by atoms with Crippen LogP contribution in [0.2, 0.25) is 0 Å². The molecule has 1 aliphatic rings. The molecule has 5 heteroatoms. The van der Waals surface area contributed by atoms with Gasteiger partial charge in [-0.15, -0.1) is 0 Å². The molecule has 21 heavy (non-hydrogen) atoms. The molecule has 1 aliphatic carbocycles. The monoisotopic (exact) mass is 293 g/mol. The van der Waals surface area contributed by atoms with E-state index in [1.807, 2.05) is 0 Å². The summed E-state index contributed by atoms with van der Waals surface area (Å²) < 4.78 is 14.0. The number of aromatic carboxylic acids is 1. The van der Waals surface area contributed by atoms with Gasteiger partial charge in [-0.25, -0.2) is 9.18 Å². The van der Waals surface area contributed by atoms with E-state index in [0.29, 0.717) is 0 Å². The summed E-state index contributed by atoms with van der Waals surface area (Å²) in [6, 6.07) is 3.56. The SMILES string of the molecule is CN(C(=O)c1ccc(C(=O)O)cc1F)C1CCCCCC1. The third-order valence-corrected chi connectivity index (χ3v) is 4.14. The van der Waals surface area contributed by atoms with E-state index in [1.54, 1.807) is 11.9 Å². The Morgan fingerprint density at radius 2 is 1.81 bits per heavy atom. The fourth-order valence-corrected chi connectivity index (χ4v) is 2.82. The van der Waals surface area contributed by atoms with Crippen LogP contribution in [-0.4, -0.2) is 35.0 Å². The first-order valence-corrected chi connectivity index (χ1v) is 7.30. The van der Waals surface area contributed by atoms with Crippen LogP contribution in [0, 0.1) is 5.82 Å². The smallest absolute Gasteiger partial charge is 0.335 e. The van der Waals surface area contributed by atoms with Crippen LogP contribution in [0.5, 0.6) is 0 Å². The van der Waals surface area contributed by atoms with Gasteiger partial charge in [-0.05, 0) is 31.0 Å². The van der Waals surface area contributed by atoms with E-state index >= 15 is 0 Å². The Labute approximate surface area is 123 Å². The minimum atomic E-state index is -1.20. The Bertz CT molecular complexity index is 536. The molecule has 1 amide bonds. The lowest BCUT2D eigenvalue weighted by Crippen LogP contribution is -2.37. The lowest BCUT2D eigenvalue weighted by Gasteiger charge is -2.27. The fourth-order valence-electron chi connectivity index (χ4n) is 2.82.